The summed E-state index contributed by atoms with van der Waals surface area (Å²) in [5, 5.41) is 14.6. The highest BCUT2D eigenvalue weighted by Crippen LogP contribution is 2.40. The van der Waals surface area contributed by atoms with Crippen LogP contribution in [0.2, 0.25) is 0 Å². The Morgan fingerprint density at radius 3 is 2.68 bits per heavy atom. The van der Waals surface area contributed by atoms with Gasteiger partial charge in [-0.3, -0.25) is 10.1 Å². The molecule has 11 heteroatoms. The van der Waals surface area contributed by atoms with Crippen LogP contribution in [0.1, 0.15) is 46.1 Å². The first-order valence-corrected chi connectivity index (χ1v) is 10.1. The molecule has 2 aromatic heterocycles. The number of hydrogen-bond donors (Lipinski definition) is 1. The average molecular weight is 426 g/mol. The number of benzene rings is 1. The van der Waals surface area contributed by atoms with Gasteiger partial charge in [0.25, 0.3) is 5.91 Å². The fourth-order valence-corrected chi connectivity index (χ4v) is 4.07. The minimum absolute atomic E-state index is 0.191. The topological polar surface area (TPSA) is 80.9 Å². The van der Waals surface area contributed by atoms with Crippen molar-refractivity contribution in [2.45, 2.75) is 35.0 Å². The van der Waals surface area contributed by atoms with Crippen molar-refractivity contribution in [2.75, 3.05) is 5.32 Å². The zero-order valence-corrected chi connectivity index (χ0v) is 15.8. The number of carbonyl (C=O) groups excluding carboxylic acids is 1. The highest BCUT2D eigenvalue weighted by Gasteiger charge is 2.30. The number of alkyl halides is 3. The second-order valence-corrected chi connectivity index (χ2v) is 8.40. The highest BCUT2D eigenvalue weighted by atomic mass is 32.2. The average Bonchev–Trinajstić information content (AvgIpc) is 3.22. The smallest absolute Gasteiger partial charge is 0.360 e. The van der Waals surface area contributed by atoms with Gasteiger partial charge in [-0.15, -0.1) is 10.2 Å². The molecule has 1 N–H and O–H groups in total. The maximum absolute atomic E-state index is 12.6. The van der Waals surface area contributed by atoms with Crippen LogP contribution in [0.15, 0.2) is 39.2 Å². The molecule has 28 heavy (non-hydrogen) atoms. The lowest BCUT2D eigenvalue weighted by atomic mass is 10.1. The van der Waals surface area contributed by atoms with Gasteiger partial charge < -0.3 is 4.52 Å². The molecule has 2 heterocycles. The van der Waals surface area contributed by atoms with Crippen molar-refractivity contribution in [3.63, 3.8) is 0 Å². The van der Waals surface area contributed by atoms with E-state index in [0.29, 0.717) is 21.1 Å². The molecule has 3 aromatic rings. The van der Waals surface area contributed by atoms with Crippen LogP contribution in [0.4, 0.5) is 18.3 Å². The lowest BCUT2D eigenvalue weighted by Crippen LogP contribution is -2.11. The van der Waals surface area contributed by atoms with Crippen molar-refractivity contribution >= 4 is 34.1 Å². The van der Waals surface area contributed by atoms with E-state index in [4.69, 9.17) is 4.52 Å². The van der Waals surface area contributed by atoms with Crippen molar-refractivity contribution in [2.24, 2.45) is 0 Å². The van der Waals surface area contributed by atoms with Gasteiger partial charge in [-0.25, -0.2) is 0 Å². The van der Waals surface area contributed by atoms with Crippen LogP contribution in [0.5, 0.6) is 0 Å². The maximum atomic E-state index is 12.6. The third-order valence-corrected chi connectivity index (χ3v) is 6.05. The van der Waals surface area contributed by atoms with Gasteiger partial charge in [0.05, 0.1) is 5.56 Å². The first-order valence-electron chi connectivity index (χ1n) is 8.29. The summed E-state index contributed by atoms with van der Waals surface area (Å²) in [5.74, 6) is 1.10. The summed E-state index contributed by atoms with van der Waals surface area (Å²) in [6, 6.07) is 6.60. The number of hydrogen-bond acceptors (Lipinski definition) is 7. The van der Waals surface area contributed by atoms with Crippen LogP contribution in [-0.4, -0.2) is 21.3 Å². The molecule has 146 valence electrons. The van der Waals surface area contributed by atoms with Crippen molar-refractivity contribution in [3.05, 3.63) is 52.9 Å². The fourth-order valence-electron chi connectivity index (χ4n) is 2.37. The molecule has 0 spiro atoms. The Morgan fingerprint density at radius 2 is 2.00 bits per heavy atom. The molecule has 0 aliphatic heterocycles. The molecule has 1 amide bonds. The SMILES string of the molecule is O=C(Nc1nnc(SCc2ccc(C(F)(F)F)cc2)s1)c1cc(C2CC2)on1. The standard InChI is InChI=1S/C17H13F3N4O2S2/c18-17(19,20)11-5-1-9(2-6-11)8-27-16-23-22-15(28-16)21-14(25)12-7-13(26-24-12)10-3-4-10/h1-2,5-7,10H,3-4,8H2,(H,21,22,25). The summed E-state index contributed by atoms with van der Waals surface area (Å²) in [5.41, 5.74) is 0.241. The van der Waals surface area contributed by atoms with Crippen LogP contribution in [0.3, 0.4) is 0 Å². The number of carbonyl (C=O) groups is 1. The third-order valence-electron chi connectivity index (χ3n) is 4.01. The molecule has 1 aliphatic carbocycles. The van der Waals surface area contributed by atoms with Crippen LogP contribution >= 0.6 is 23.1 Å². The molecule has 6 nitrogen and oxygen atoms in total. The molecule has 0 saturated heterocycles. The van der Waals surface area contributed by atoms with E-state index in [1.807, 2.05) is 0 Å². The number of nitrogens with zero attached hydrogens (tertiary/aromatic N) is 3. The number of thioether (sulfide) groups is 1. The quantitative estimate of drug-likeness (QED) is 0.443. The molecule has 1 saturated carbocycles. The monoisotopic (exact) mass is 426 g/mol. The number of anilines is 1. The lowest BCUT2D eigenvalue weighted by molar-refractivity contribution is -0.137. The van der Waals surface area contributed by atoms with Crippen molar-refractivity contribution in [1.82, 2.24) is 15.4 Å². The lowest BCUT2D eigenvalue weighted by Gasteiger charge is -2.06. The van der Waals surface area contributed by atoms with Gasteiger partial charge in [0.1, 0.15) is 5.76 Å². The van der Waals surface area contributed by atoms with E-state index >= 15 is 0 Å². The molecular formula is C17H13F3N4O2S2. The Labute approximate surface area is 165 Å². The van der Waals surface area contributed by atoms with E-state index in [9.17, 15) is 18.0 Å². The number of nitrogens with one attached hydrogen (secondary N) is 1. The fraction of sp³-hybridized carbons (Fsp3) is 0.294. The Kier molecular flexibility index (Phi) is 5.11. The van der Waals surface area contributed by atoms with Crippen LogP contribution in [-0.2, 0) is 11.9 Å². The molecule has 1 aliphatic rings. The Balaban J connectivity index is 1.32. The van der Waals surface area contributed by atoms with E-state index < -0.39 is 17.6 Å². The molecule has 1 fully saturated rings. The normalized spacial score (nSPS) is 14.2. The van der Waals surface area contributed by atoms with Crippen LogP contribution in [0.25, 0.3) is 0 Å². The van der Waals surface area contributed by atoms with E-state index in [0.717, 1.165) is 36.3 Å². The molecule has 0 radical (unpaired) electrons. The second-order valence-electron chi connectivity index (χ2n) is 6.20. The minimum atomic E-state index is -4.35. The zero-order chi connectivity index (χ0) is 19.7. The number of rotatable bonds is 6. The van der Waals surface area contributed by atoms with Crippen LogP contribution < -0.4 is 5.32 Å². The largest absolute Gasteiger partial charge is 0.416 e. The zero-order valence-electron chi connectivity index (χ0n) is 14.2. The minimum Gasteiger partial charge on any atom is -0.360 e. The maximum Gasteiger partial charge on any atom is 0.416 e. The van der Waals surface area contributed by atoms with Gasteiger partial charge in [0, 0.05) is 17.7 Å². The van der Waals surface area contributed by atoms with Gasteiger partial charge in [0.15, 0.2) is 10.0 Å². The summed E-state index contributed by atoms with van der Waals surface area (Å²) in [6.07, 6.45) is -2.25. The van der Waals surface area contributed by atoms with E-state index in [2.05, 4.69) is 20.7 Å². The number of aromatic nitrogens is 3. The summed E-state index contributed by atoms with van der Waals surface area (Å²) in [7, 11) is 0. The second kappa shape index (κ2) is 7.55. The van der Waals surface area contributed by atoms with Gasteiger partial charge >= 0.3 is 6.18 Å². The van der Waals surface area contributed by atoms with Crippen LogP contribution in [0, 0.1) is 0 Å². The summed E-state index contributed by atoms with van der Waals surface area (Å²) in [6.45, 7) is 0. The van der Waals surface area contributed by atoms with Gasteiger partial charge in [-0.1, -0.05) is 40.4 Å². The highest BCUT2D eigenvalue weighted by molar-refractivity contribution is 8.00. The summed E-state index contributed by atoms with van der Waals surface area (Å²) >= 11 is 2.50. The van der Waals surface area contributed by atoms with Crippen molar-refractivity contribution < 1.29 is 22.5 Å². The first kappa shape index (κ1) is 18.9. The summed E-state index contributed by atoms with van der Waals surface area (Å²) in [4.78, 5) is 12.2. The molecule has 1 aromatic carbocycles. The Bertz CT molecular complexity index is 981. The molecule has 0 atom stereocenters. The molecular weight excluding hydrogens is 413 g/mol. The predicted octanol–water partition coefficient (Wildman–Crippen LogP) is 4.97. The van der Waals surface area contributed by atoms with Gasteiger partial charge in [-0.2, -0.15) is 13.2 Å². The Hall–Kier alpha value is -2.40. The number of amides is 1. The molecule has 0 bridgehead atoms. The predicted molar refractivity (Wildman–Crippen MR) is 97.3 cm³/mol. The summed E-state index contributed by atoms with van der Waals surface area (Å²) < 4.78 is 43.5. The third kappa shape index (κ3) is 4.53. The van der Waals surface area contributed by atoms with Crippen molar-refractivity contribution in [3.8, 4) is 0 Å². The van der Waals surface area contributed by atoms with E-state index in [-0.39, 0.29) is 5.69 Å². The van der Waals surface area contributed by atoms with E-state index in [1.54, 1.807) is 6.07 Å². The first-order chi connectivity index (χ1) is 13.4. The van der Waals surface area contributed by atoms with Crippen molar-refractivity contribution in [1.29, 1.82) is 0 Å². The molecule has 0 unspecified atom stereocenters. The molecule has 4 rings (SSSR count). The van der Waals surface area contributed by atoms with E-state index in [1.165, 1.54) is 35.2 Å². The Morgan fingerprint density at radius 1 is 1.25 bits per heavy atom. The number of halogens is 3. The van der Waals surface area contributed by atoms with Gasteiger partial charge in [0.2, 0.25) is 5.13 Å². The van der Waals surface area contributed by atoms with Gasteiger partial charge in [-0.05, 0) is 30.5 Å².